The van der Waals surface area contributed by atoms with Gasteiger partial charge in [-0.05, 0) is 73.6 Å². The van der Waals surface area contributed by atoms with Gasteiger partial charge in [-0.15, -0.1) is 11.3 Å². The van der Waals surface area contributed by atoms with E-state index < -0.39 is 0 Å². The number of hydrogen-bond donors (Lipinski definition) is 1. The van der Waals surface area contributed by atoms with Crippen LogP contribution < -0.4 is 10.9 Å². The zero-order valence-corrected chi connectivity index (χ0v) is 22.0. The number of aromatic nitrogens is 2. The van der Waals surface area contributed by atoms with Crippen molar-refractivity contribution in [1.29, 1.82) is 0 Å². The number of hydrogen-bond acceptors (Lipinski definition) is 5. The Bertz CT molecular complexity index is 1430. The van der Waals surface area contributed by atoms with E-state index in [-0.39, 0.29) is 17.2 Å². The highest BCUT2D eigenvalue weighted by Crippen LogP contribution is 2.35. The molecule has 1 aliphatic carbocycles. The van der Waals surface area contributed by atoms with E-state index in [0.29, 0.717) is 5.16 Å². The maximum absolute atomic E-state index is 13.8. The molecule has 1 amide bonds. The first kappa shape index (κ1) is 23.3. The highest BCUT2D eigenvalue weighted by atomic mass is 79.9. The van der Waals surface area contributed by atoms with E-state index in [9.17, 15) is 9.59 Å². The lowest BCUT2D eigenvalue weighted by atomic mass is 9.97. The van der Waals surface area contributed by atoms with Crippen LogP contribution in [0.4, 0.5) is 5.69 Å². The second kappa shape index (κ2) is 10.1. The van der Waals surface area contributed by atoms with Gasteiger partial charge in [0.15, 0.2) is 5.16 Å². The Morgan fingerprint density at radius 1 is 1.15 bits per heavy atom. The fraction of sp³-hybridized carbons (Fsp3) is 0.269. The molecule has 0 atom stereocenters. The smallest absolute Gasteiger partial charge is 0.267 e. The first-order chi connectivity index (χ1) is 16.5. The van der Waals surface area contributed by atoms with E-state index in [4.69, 9.17) is 4.98 Å². The van der Waals surface area contributed by atoms with E-state index in [1.54, 1.807) is 15.9 Å². The molecule has 1 aliphatic rings. The molecule has 0 unspecified atom stereocenters. The summed E-state index contributed by atoms with van der Waals surface area (Å²) in [6, 6.07) is 15.5. The molecule has 0 saturated heterocycles. The number of carbonyl (C=O) groups is 1. The van der Waals surface area contributed by atoms with Gasteiger partial charge in [0, 0.05) is 15.0 Å². The number of anilines is 1. The zero-order valence-electron chi connectivity index (χ0n) is 18.8. The van der Waals surface area contributed by atoms with Gasteiger partial charge >= 0.3 is 0 Å². The number of rotatable bonds is 6. The van der Waals surface area contributed by atoms with Gasteiger partial charge in [-0.3, -0.25) is 14.2 Å². The summed E-state index contributed by atoms with van der Waals surface area (Å²) in [4.78, 5) is 33.6. The van der Waals surface area contributed by atoms with Crippen LogP contribution in [0.5, 0.6) is 0 Å². The van der Waals surface area contributed by atoms with Crippen molar-refractivity contribution in [1.82, 2.24) is 9.55 Å². The standard InChI is InChI=1S/C26H24BrN3O2S2/c1-2-16-7-3-5-9-20(16)28-22(31)15-33-26-29-24-23(19-8-4-6-10-21(19)34-24)25(32)30(26)18-13-11-17(27)12-14-18/h3,5,7,9,11-14H,2,4,6,8,10,15H2,1H3,(H,28,31). The maximum Gasteiger partial charge on any atom is 0.267 e. The van der Waals surface area contributed by atoms with Gasteiger partial charge in [-0.1, -0.05) is 52.8 Å². The van der Waals surface area contributed by atoms with Crippen molar-refractivity contribution in [2.24, 2.45) is 0 Å². The van der Waals surface area contributed by atoms with Crippen molar-refractivity contribution in [2.75, 3.05) is 11.1 Å². The van der Waals surface area contributed by atoms with Crippen molar-refractivity contribution in [2.45, 2.75) is 44.2 Å². The number of thiophene rings is 1. The van der Waals surface area contributed by atoms with Crippen LogP contribution >= 0.6 is 39.0 Å². The number of aryl methyl sites for hydroxylation is 3. The highest BCUT2D eigenvalue weighted by molar-refractivity contribution is 9.10. The van der Waals surface area contributed by atoms with Crippen molar-refractivity contribution in [3.63, 3.8) is 0 Å². The van der Waals surface area contributed by atoms with E-state index >= 15 is 0 Å². The monoisotopic (exact) mass is 553 g/mol. The predicted octanol–water partition coefficient (Wildman–Crippen LogP) is 6.38. The van der Waals surface area contributed by atoms with E-state index in [1.807, 2.05) is 48.5 Å². The molecule has 8 heteroatoms. The van der Waals surface area contributed by atoms with Gasteiger partial charge in [-0.2, -0.15) is 0 Å². The molecule has 1 N–H and O–H groups in total. The summed E-state index contributed by atoms with van der Waals surface area (Å²) in [6.45, 7) is 2.07. The average molecular weight is 555 g/mol. The number of fused-ring (bicyclic) bond motifs is 3. The molecule has 174 valence electrons. The first-order valence-electron chi connectivity index (χ1n) is 11.4. The second-order valence-corrected chi connectivity index (χ2v) is 11.2. The van der Waals surface area contributed by atoms with Crippen molar-refractivity contribution in [3.8, 4) is 5.69 Å². The minimum Gasteiger partial charge on any atom is -0.325 e. The van der Waals surface area contributed by atoms with Crippen LogP contribution in [-0.4, -0.2) is 21.2 Å². The minimum atomic E-state index is -0.118. The lowest BCUT2D eigenvalue weighted by Gasteiger charge is -2.14. The van der Waals surface area contributed by atoms with Crippen LogP contribution in [-0.2, 0) is 24.1 Å². The molecule has 0 bridgehead atoms. The largest absolute Gasteiger partial charge is 0.325 e. The Kier molecular flexibility index (Phi) is 6.90. The van der Waals surface area contributed by atoms with Crippen molar-refractivity contribution >= 4 is 60.8 Å². The summed E-state index contributed by atoms with van der Waals surface area (Å²) in [7, 11) is 0. The minimum absolute atomic E-state index is 0.0500. The van der Waals surface area contributed by atoms with Gasteiger partial charge < -0.3 is 5.32 Å². The summed E-state index contributed by atoms with van der Waals surface area (Å²) < 4.78 is 2.60. The molecule has 34 heavy (non-hydrogen) atoms. The van der Waals surface area contributed by atoms with Gasteiger partial charge in [0.2, 0.25) is 5.91 Å². The summed E-state index contributed by atoms with van der Waals surface area (Å²) in [5.41, 5.74) is 3.79. The van der Waals surface area contributed by atoms with E-state index in [2.05, 4.69) is 28.2 Å². The Balaban J connectivity index is 1.51. The summed E-state index contributed by atoms with van der Waals surface area (Å²) in [5.74, 6) is 0.0468. The van der Waals surface area contributed by atoms with E-state index in [1.165, 1.54) is 22.2 Å². The molecule has 5 nitrogen and oxygen atoms in total. The maximum atomic E-state index is 13.8. The number of nitrogens with one attached hydrogen (secondary N) is 1. The number of thioether (sulfide) groups is 1. The molecule has 2 heterocycles. The van der Waals surface area contributed by atoms with Gasteiger partial charge in [0.1, 0.15) is 4.83 Å². The van der Waals surface area contributed by atoms with Crippen LogP contribution in [0.15, 0.2) is 63.0 Å². The molecule has 0 saturated carbocycles. The number of para-hydroxylation sites is 1. The molecule has 0 radical (unpaired) electrons. The third kappa shape index (κ3) is 4.59. The highest BCUT2D eigenvalue weighted by Gasteiger charge is 2.23. The fourth-order valence-corrected chi connectivity index (χ4v) is 6.75. The molecular formula is C26H24BrN3O2S2. The third-order valence-electron chi connectivity index (χ3n) is 6.05. The Morgan fingerprint density at radius 3 is 2.71 bits per heavy atom. The average Bonchev–Trinajstić information content (AvgIpc) is 3.22. The van der Waals surface area contributed by atoms with Crippen LogP contribution in [0, 0.1) is 0 Å². The lowest BCUT2D eigenvalue weighted by molar-refractivity contribution is -0.113. The molecule has 4 aromatic rings. The molecule has 0 fully saturated rings. The summed E-state index contributed by atoms with van der Waals surface area (Å²) >= 11 is 6.40. The van der Waals surface area contributed by atoms with Gasteiger partial charge in [0.05, 0.1) is 16.8 Å². The number of halogens is 1. The molecule has 0 aliphatic heterocycles. The number of benzene rings is 2. The number of amides is 1. The summed E-state index contributed by atoms with van der Waals surface area (Å²) in [6.07, 6.45) is 5.04. The van der Waals surface area contributed by atoms with E-state index in [0.717, 1.165) is 63.7 Å². The van der Waals surface area contributed by atoms with Gasteiger partial charge in [0.25, 0.3) is 5.56 Å². The third-order valence-corrected chi connectivity index (χ3v) is 8.70. The zero-order chi connectivity index (χ0) is 23.7. The second-order valence-electron chi connectivity index (χ2n) is 8.25. The Labute approximate surface area is 214 Å². The SMILES string of the molecule is CCc1ccccc1NC(=O)CSc1nc2sc3c(c2c(=O)n1-c1ccc(Br)cc1)CCCC3. The fourth-order valence-electron chi connectivity index (χ4n) is 4.37. The lowest BCUT2D eigenvalue weighted by Crippen LogP contribution is -2.23. The summed E-state index contributed by atoms with van der Waals surface area (Å²) in [5, 5.41) is 4.29. The Morgan fingerprint density at radius 2 is 1.91 bits per heavy atom. The Hall–Kier alpha value is -2.42. The topological polar surface area (TPSA) is 64.0 Å². The molecular weight excluding hydrogens is 530 g/mol. The first-order valence-corrected chi connectivity index (χ1v) is 14.0. The number of nitrogens with zero attached hydrogens (tertiary/aromatic N) is 2. The molecule has 2 aromatic heterocycles. The molecule has 2 aromatic carbocycles. The van der Waals surface area contributed by atoms with Crippen LogP contribution in [0.25, 0.3) is 15.9 Å². The normalized spacial score (nSPS) is 13.1. The van der Waals surface area contributed by atoms with Crippen molar-refractivity contribution in [3.05, 3.63) is 79.4 Å². The predicted molar refractivity (Wildman–Crippen MR) is 145 cm³/mol. The quantitative estimate of drug-likeness (QED) is 0.222. The number of carbonyl (C=O) groups excluding carboxylic acids is 1. The molecule has 0 spiro atoms. The van der Waals surface area contributed by atoms with Gasteiger partial charge in [-0.25, -0.2) is 4.98 Å². The van der Waals surface area contributed by atoms with Crippen molar-refractivity contribution < 1.29 is 4.79 Å². The van der Waals surface area contributed by atoms with Crippen LogP contribution in [0.3, 0.4) is 0 Å². The van der Waals surface area contributed by atoms with Crippen LogP contribution in [0.2, 0.25) is 0 Å². The van der Waals surface area contributed by atoms with Crippen LogP contribution in [0.1, 0.15) is 35.8 Å². The molecule has 5 rings (SSSR count).